The summed E-state index contributed by atoms with van der Waals surface area (Å²) < 4.78 is 0. The molecule has 14 heavy (non-hydrogen) atoms. The van der Waals surface area contributed by atoms with Gasteiger partial charge in [0.1, 0.15) is 5.75 Å². The highest BCUT2D eigenvalue weighted by atomic mass is 32.1. The van der Waals surface area contributed by atoms with Crippen LogP contribution in [0.3, 0.4) is 0 Å². The number of nitrogens with two attached hydrogens (primary N) is 2. The van der Waals surface area contributed by atoms with Crippen LogP contribution in [0.1, 0.15) is 0 Å². The molecule has 0 unspecified atom stereocenters. The highest BCUT2D eigenvalue weighted by molar-refractivity contribution is 7.14. The number of hydrogen-bond acceptors (Lipinski definition) is 4. The van der Waals surface area contributed by atoms with Crippen molar-refractivity contribution in [3.63, 3.8) is 0 Å². The van der Waals surface area contributed by atoms with E-state index in [1.54, 1.807) is 18.2 Å². The summed E-state index contributed by atoms with van der Waals surface area (Å²) in [7, 11) is 0. The van der Waals surface area contributed by atoms with E-state index in [0.29, 0.717) is 16.3 Å². The molecule has 0 saturated heterocycles. The van der Waals surface area contributed by atoms with E-state index < -0.39 is 0 Å². The monoisotopic (exact) mass is 206 g/mol. The van der Waals surface area contributed by atoms with Gasteiger partial charge in [0.2, 0.25) is 0 Å². The van der Waals surface area contributed by atoms with Crippen LogP contribution in [0.25, 0.3) is 11.1 Å². The van der Waals surface area contributed by atoms with Crippen LogP contribution in [0.5, 0.6) is 5.75 Å². The Bertz CT molecular complexity index is 445. The number of aromatic hydroxyl groups is 1. The summed E-state index contributed by atoms with van der Waals surface area (Å²) in [5.41, 5.74) is 13.5. The number of thiophene rings is 1. The zero-order valence-corrected chi connectivity index (χ0v) is 8.21. The Morgan fingerprint density at radius 2 is 1.93 bits per heavy atom. The van der Waals surface area contributed by atoms with Gasteiger partial charge in [0.15, 0.2) is 0 Å². The molecule has 5 N–H and O–H groups in total. The van der Waals surface area contributed by atoms with Gasteiger partial charge in [0, 0.05) is 16.8 Å². The smallest absolute Gasteiger partial charge is 0.125 e. The fraction of sp³-hybridized carbons (Fsp3) is 0. The van der Waals surface area contributed by atoms with Gasteiger partial charge >= 0.3 is 0 Å². The summed E-state index contributed by atoms with van der Waals surface area (Å²) in [5, 5.41) is 12.2. The van der Waals surface area contributed by atoms with E-state index in [4.69, 9.17) is 11.5 Å². The minimum absolute atomic E-state index is 0.162. The molecule has 0 aliphatic carbocycles. The first kappa shape index (κ1) is 8.90. The molecule has 1 aromatic heterocycles. The normalized spacial score (nSPS) is 10.3. The Labute approximate surface area is 85.6 Å². The molecule has 1 aromatic carbocycles. The maximum Gasteiger partial charge on any atom is 0.125 e. The lowest BCUT2D eigenvalue weighted by molar-refractivity contribution is 0.477. The average molecular weight is 206 g/mol. The van der Waals surface area contributed by atoms with E-state index in [0.717, 1.165) is 5.56 Å². The molecular weight excluding hydrogens is 196 g/mol. The average Bonchev–Trinajstić information content (AvgIpc) is 2.52. The van der Waals surface area contributed by atoms with Crippen molar-refractivity contribution in [2.45, 2.75) is 0 Å². The molecule has 0 bridgehead atoms. The molecule has 0 radical (unpaired) electrons. The zero-order chi connectivity index (χ0) is 10.1. The molecule has 4 heteroatoms. The number of phenolic OH excluding ortho intramolecular Hbond substituents is 1. The van der Waals surface area contributed by atoms with Crippen molar-refractivity contribution in [1.82, 2.24) is 0 Å². The van der Waals surface area contributed by atoms with Crippen molar-refractivity contribution in [3.8, 4) is 16.9 Å². The second kappa shape index (κ2) is 3.23. The minimum Gasteiger partial charge on any atom is -0.507 e. The Morgan fingerprint density at radius 3 is 2.50 bits per heavy atom. The molecule has 2 rings (SSSR count). The van der Waals surface area contributed by atoms with Crippen molar-refractivity contribution >= 4 is 22.0 Å². The predicted molar refractivity (Wildman–Crippen MR) is 60.2 cm³/mol. The Kier molecular flexibility index (Phi) is 2.05. The molecule has 3 nitrogen and oxygen atoms in total. The van der Waals surface area contributed by atoms with E-state index in [-0.39, 0.29) is 5.75 Å². The lowest BCUT2D eigenvalue weighted by Crippen LogP contribution is -1.91. The van der Waals surface area contributed by atoms with Gasteiger partial charge in [-0.3, -0.25) is 0 Å². The Morgan fingerprint density at radius 1 is 1.14 bits per heavy atom. The minimum atomic E-state index is 0.162. The molecule has 0 fully saturated rings. The first-order valence-electron chi connectivity index (χ1n) is 4.11. The van der Waals surface area contributed by atoms with Crippen molar-refractivity contribution < 1.29 is 5.11 Å². The standard InChI is InChI=1S/C10H10N2OS/c11-7-2-1-3-8(13)9(7)6-4-5-14-10(6)12/h1-5,13H,11-12H2. The van der Waals surface area contributed by atoms with Gasteiger partial charge in [-0.05, 0) is 23.6 Å². The number of rotatable bonds is 1. The summed E-state index contributed by atoms with van der Waals surface area (Å²) in [6.07, 6.45) is 0. The van der Waals surface area contributed by atoms with Crippen molar-refractivity contribution in [2.24, 2.45) is 0 Å². The fourth-order valence-electron chi connectivity index (χ4n) is 1.38. The highest BCUT2D eigenvalue weighted by Crippen LogP contribution is 2.39. The van der Waals surface area contributed by atoms with Crippen molar-refractivity contribution in [2.75, 3.05) is 11.5 Å². The van der Waals surface area contributed by atoms with Crippen LogP contribution in [0.2, 0.25) is 0 Å². The van der Waals surface area contributed by atoms with Crippen LogP contribution in [-0.4, -0.2) is 5.11 Å². The maximum absolute atomic E-state index is 9.66. The lowest BCUT2D eigenvalue weighted by Gasteiger charge is -2.06. The van der Waals surface area contributed by atoms with E-state index in [9.17, 15) is 5.11 Å². The summed E-state index contributed by atoms with van der Waals surface area (Å²) >= 11 is 1.43. The third-order valence-electron chi connectivity index (χ3n) is 2.04. The second-order valence-electron chi connectivity index (χ2n) is 2.94. The molecule has 0 aliphatic rings. The Hall–Kier alpha value is -1.68. The molecule has 0 atom stereocenters. The second-order valence-corrected chi connectivity index (χ2v) is 3.89. The number of phenols is 1. The molecule has 1 heterocycles. The number of benzene rings is 1. The van der Waals surface area contributed by atoms with Crippen molar-refractivity contribution in [3.05, 3.63) is 29.6 Å². The van der Waals surface area contributed by atoms with E-state index in [1.807, 2.05) is 11.4 Å². The van der Waals surface area contributed by atoms with Gasteiger partial charge in [-0.2, -0.15) is 0 Å². The highest BCUT2D eigenvalue weighted by Gasteiger charge is 2.11. The molecule has 0 amide bonds. The van der Waals surface area contributed by atoms with Gasteiger partial charge in [0.25, 0.3) is 0 Å². The van der Waals surface area contributed by atoms with Crippen LogP contribution in [0.15, 0.2) is 29.6 Å². The molecular formula is C10H10N2OS. The van der Waals surface area contributed by atoms with E-state index >= 15 is 0 Å². The third kappa shape index (κ3) is 1.29. The van der Waals surface area contributed by atoms with Crippen LogP contribution >= 0.6 is 11.3 Å². The molecule has 0 spiro atoms. The summed E-state index contributed by atoms with van der Waals surface area (Å²) in [6, 6.07) is 6.90. The van der Waals surface area contributed by atoms with Crippen molar-refractivity contribution in [1.29, 1.82) is 0 Å². The fourth-order valence-corrected chi connectivity index (χ4v) is 2.03. The molecule has 0 saturated carbocycles. The molecule has 72 valence electrons. The van der Waals surface area contributed by atoms with Gasteiger partial charge in [0.05, 0.1) is 5.00 Å². The first-order chi connectivity index (χ1) is 6.70. The zero-order valence-electron chi connectivity index (χ0n) is 7.40. The van der Waals surface area contributed by atoms with Crippen LogP contribution < -0.4 is 11.5 Å². The summed E-state index contributed by atoms with van der Waals surface area (Å²) in [5.74, 6) is 0.162. The van der Waals surface area contributed by atoms with E-state index in [2.05, 4.69) is 0 Å². The van der Waals surface area contributed by atoms with Gasteiger partial charge in [-0.25, -0.2) is 0 Å². The van der Waals surface area contributed by atoms with Gasteiger partial charge < -0.3 is 16.6 Å². The number of anilines is 2. The van der Waals surface area contributed by atoms with E-state index in [1.165, 1.54) is 11.3 Å². The first-order valence-corrected chi connectivity index (χ1v) is 4.99. The van der Waals surface area contributed by atoms with Gasteiger partial charge in [-0.15, -0.1) is 11.3 Å². The lowest BCUT2D eigenvalue weighted by atomic mass is 10.1. The number of hydrogen-bond donors (Lipinski definition) is 3. The predicted octanol–water partition coefficient (Wildman–Crippen LogP) is 2.29. The van der Waals surface area contributed by atoms with Crippen LogP contribution in [0, 0.1) is 0 Å². The number of nitrogen functional groups attached to an aromatic ring is 2. The summed E-state index contributed by atoms with van der Waals surface area (Å²) in [6.45, 7) is 0. The van der Waals surface area contributed by atoms with Crippen LogP contribution in [-0.2, 0) is 0 Å². The van der Waals surface area contributed by atoms with Crippen LogP contribution in [0.4, 0.5) is 10.7 Å². The summed E-state index contributed by atoms with van der Waals surface area (Å²) in [4.78, 5) is 0. The maximum atomic E-state index is 9.66. The SMILES string of the molecule is Nc1cccc(O)c1-c1ccsc1N. The molecule has 2 aromatic rings. The van der Waals surface area contributed by atoms with Gasteiger partial charge in [-0.1, -0.05) is 6.07 Å². The quantitative estimate of drug-likeness (QED) is 0.627. The Balaban J connectivity index is 2.68. The molecule has 0 aliphatic heterocycles. The largest absolute Gasteiger partial charge is 0.507 e. The topological polar surface area (TPSA) is 72.3 Å². The third-order valence-corrected chi connectivity index (χ3v) is 2.79.